The zero-order chi connectivity index (χ0) is 14.9. The minimum Gasteiger partial charge on any atom is -0.342 e. The van der Waals surface area contributed by atoms with Crippen LogP contribution in [0.15, 0.2) is 18.5 Å². The second kappa shape index (κ2) is 5.32. The van der Waals surface area contributed by atoms with Crippen molar-refractivity contribution in [1.82, 2.24) is 20.1 Å². The lowest BCUT2D eigenvalue weighted by atomic mass is 10.1. The minimum atomic E-state index is -1.35. The largest absolute Gasteiger partial charge is 0.342 e. The molecular weight excluding hydrogens is 273 g/mol. The van der Waals surface area contributed by atoms with Gasteiger partial charge in [-0.15, -0.1) is 0 Å². The molecule has 0 aliphatic heterocycles. The Labute approximate surface area is 112 Å². The second-order valence-corrected chi connectivity index (χ2v) is 4.18. The number of hydrogen-bond donors (Lipinski definition) is 1. The van der Waals surface area contributed by atoms with E-state index in [1.54, 1.807) is 14.0 Å². The summed E-state index contributed by atoms with van der Waals surface area (Å²) in [5.74, 6) is -4.19. The first kappa shape index (κ1) is 14.0. The van der Waals surface area contributed by atoms with Crippen LogP contribution in [0.2, 0.25) is 0 Å². The number of aromatic nitrogens is 3. The van der Waals surface area contributed by atoms with E-state index in [9.17, 15) is 18.0 Å². The van der Waals surface area contributed by atoms with E-state index in [4.69, 9.17) is 0 Å². The van der Waals surface area contributed by atoms with Gasteiger partial charge >= 0.3 is 0 Å². The van der Waals surface area contributed by atoms with Crippen molar-refractivity contribution in [3.8, 4) is 0 Å². The van der Waals surface area contributed by atoms with Crippen LogP contribution in [0, 0.1) is 17.5 Å². The predicted octanol–water partition coefficient (Wildman–Crippen LogP) is 1.72. The average Bonchev–Trinajstić information content (AvgIpc) is 2.80. The predicted molar refractivity (Wildman–Crippen MR) is 63.2 cm³/mol. The molecule has 0 saturated heterocycles. The monoisotopic (exact) mass is 284 g/mol. The van der Waals surface area contributed by atoms with E-state index in [1.165, 1.54) is 11.0 Å². The van der Waals surface area contributed by atoms with Crippen LogP contribution in [0.3, 0.4) is 0 Å². The summed E-state index contributed by atoms with van der Waals surface area (Å²) in [7, 11) is 1.63. The van der Waals surface area contributed by atoms with Crippen molar-refractivity contribution in [1.29, 1.82) is 0 Å². The quantitative estimate of drug-likeness (QED) is 0.873. The molecule has 0 fully saturated rings. The van der Waals surface area contributed by atoms with Crippen molar-refractivity contribution in [2.45, 2.75) is 13.0 Å². The molecule has 2 rings (SSSR count). The van der Waals surface area contributed by atoms with Gasteiger partial charge in [-0.05, 0) is 13.0 Å². The van der Waals surface area contributed by atoms with E-state index in [0.717, 1.165) is 0 Å². The van der Waals surface area contributed by atoms with Gasteiger partial charge in [0.2, 0.25) is 0 Å². The molecule has 1 amide bonds. The number of amides is 1. The zero-order valence-corrected chi connectivity index (χ0v) is 10.7. The molecule has 1 aromatic heterocycles. The van der Waals surface area contributed by atoms with Crippen LogP contribution in [0.4, 0.5) is 13.2 Å². The van der Waals surface area contributed by atoms with Gasteiger partial charge in [-0.1, -0.05) is 0 Å². The molecule has 0 radical (unpaired) electrons. The number of hydrogen-bond acceptors (Lipinski definition) is 3. The van der Waals surface area contributed by atoms with Crippen molar-refractivity contribution in [3.63, 3.8) is 0 Å². The summed E-state index contributed by atoms with van der Waals surface area (Å²) in [5.41, 5.74) is -0.571. The lowest BCUT2D eigenvalue weighted by Crippen LogP contribution is -2.29. The Kier molecular flexibility index (Phi) is 3.73. The number of rotatable bonds is 3. The zero-order valence-electron chi connectivity index (χ0n) is 10.7. The molecule has 0 saturated carbocycles. The molecule has 0 spiro atoms. The molecule has 8 heteroatoms. The lowest BCUT2D eigenvalue weighted by molar-refractivity contribution is 0.0933. The van der Waals surface area contributed by atoms with Crippen LogP contribution in [0.5, 0.6) is 0 Å². The summed E-state index contributed by atoms with van der Waals surface area (Å²) in [4.78, 5) is 15.8. The van der Waals surface area contributed by atoms with Gasteiger partial charge in [0.05, 0.1) is 11.6 Å². The first-order valence-electron chi connectivity index (χ1n) is 5.69. The molecule has 1 N–H and O–H groups in total. The Morgan fingerprint density at radius 3 is 2.50 bits per heavy atom. The molecular formula is C12H11F3N4O. The standard InChI is InChI=1S/C12H11F3N4O/c1-6(11-16-5-17-19(11)2)18-12(20)7-3-9(14)10(15)4-8(7)13/h3-6H,1-2H3,(H,18,20)/t6-/m0/s1. The Bertz CT molecular complexity index is 656. The van der Waals surface area contributed by atoms with E-state index >= 15 is 0 Å². The number of nitrogens with one attached hydrogen (secondary N) is 1. The van der Waals surface area contributed by atoms with E-state index in [2.05, 4.69) is 15.4 Å². The summed E-state index contributed by atoms with van der Waals surface area (Å²) < 4.78 is 40.7. The average molecular weight is 284 g/mol. The van der Waals surface area contributed by atoms with Gasteiger partial charge in [0.1, 0.15) is 18.0 Å². The smallest absolute Gasteiger partial charge is 0.254 e. The summed E-state index contributed by atoms with van der Waals surface area (Å²) in [6, 6.07) is 0.281. The first-order chi connectivity index (χ1) is 9.40. The maximum absolute atomic E-state index is 13.5. The van der Waals surface area contributed by atoms with E-state index in [1.807, 2.05) is 0 Å². The van der Waals surface area contributed by atoms with Crippen molar-refractivity contribution in [2.24, 2.45) is 7.05 Å². The molecule has 0 unspecified atom stereocenters. The molecule has 0 aliphatic carbocycles. The van der Waals surface area contributed by atoms with Gasteiger partial charge in [-0.2, -0.15) is 5.10 Å². The Hall–Kier alpha value is -2.38. The molecule has 1 heterocycles. The van der Waals surface area contributed by atoms with Crippen LogP contribution >= 0.6 is 0 Å². The molecule has 2 aromatic rings. The highest BCUT2D eigenvalue weighted by Gasteiger charge is 2.20. The van der Waals surface area contributed by atoms with Gasteiger partial charge in [-0.25, -0.2) is 18.2 Å². The highest BCUT2D eigenvalue weighted by Crippen LogP contribution is 2.15. The lowest BCUT2D eigenvalue weighted by Gasteiger charge is -2.13. The van der Waals surface area contributed by atoms with Gasteiger partial charge in [-0.3, -0.25) is 9.48 Å². The van der Waals surface area contributed by atoms with Gasteiger partial charge < -0.3 is 5.32 Å². The van der Waals surface area contributed by atoms with Gasteiger partial charge in [0.15, 0.2) is 11.6 Å². The molecule has 0 bridgehead atoms. The Morgan fingerprint density at radius 1 is 1.25 bits per heavy atom. The number of aryl methyl sites for hydroxylation is 1. The third-order valence-electron chi connectivity index (χ3n) is 2.74. The third-order valence-corrected chi connectivity index (χ3v) is 2.74. The maximum Gasteiger partial charge on any atom is 0.254 e. The fourth-order valence-electron chi connectivity index (χ4n) is 1.73. The van der Waals surface area contributed by atoms with Crippen LogP contribution in [0.1, 0.15) is 29.1 Å². The summed E-state index contributed by atoms with van der Waals surface area (Å²) in [6.07, 6.45) is 1.30. The van der Waals surface area contributed by atoms with Crippen molar-refractivity contribution >= 4 is 5.91 Å². The van der Waals surface area contributed by atoms with Crippen LogP contribution in [-0.4, -0.2) is 20.7 Å². The molecule has 0 aliphatic rings. The van der Waals surface area contributed by atoms with Crippen LogP contribution in [0.25, 0.3) is 0 Å². The molecule has 20 heavy (non-hydrogen) atoms. The Morgan fingerprint density at radius 2 is 1.90 bits per heavy atom. The van der Waals surface area contributed by atoms with E-state index < -0.39 is 35.0 Å². The third kappa shape index (κ3) is 2.63. The fraction of sp³-hybridized carbons (Fsp3) is 0.250. The first-order valence-corrected chi connectivity index (χ1v) is 5.69. The SMILES string of the molecule is C[C@H](NC(=O)c1cc(F)c(F)cc1F)c1ncnn1C. The highest BCUT2D eigenvalue weighted by atomic mass is 19.2. The topological polar surface area (TPSA) is 59.8 Å². The summed E-state index contributed by atoms with van der Waals surface area (Å²) >= 11 is 0. The van der Waals surface area contributed by atoms with Crippen LogP contribution < -0.4 is 5.32 Å². The number of carbonyl (C=O) groups excluding carboxylic acids is 1. The molecule has 106 valence electrons. The van der Waals surface area contributed by atoms with E-state index in [0.29, 0.717) is 18.0 Å². The summed E-state index contributed by atoms with van der Waals surface area (Å²) in [5, 5.41) is 6.27. The molecule has 1 aromatic carbocycles. The number of nitrogens with zero attached hydrogens (tertiary/aromatic N) is 3. The van der Waals surface area contributed by atoms with Crippen molar-refractivity contribution < 1.29 is 18.0 Å². The molecule has 1 atom stereocenters. The number of benzene rings is 1. The summed E-state index contributed by atoms with van der Waals surface area (Å²) in [6.45, 7) is 1.61. The van der Waals surface area contributed by atoms with Gasteiger partial charge in [0.25, 0.3) is 5.91 Å². The molecule has 5 nitrogen and oxygen atoms in total. The highest BCUT2D eigenvalue weighted by molar-refractivity contribution is 5.94. The fourth-order valence-corrected chi connectivity index (χ4v) is 1.73. The van der Waals surface area contributed by atoms with E-state index in [-0.39, 0.29) is 0 Å². The Balaban J connectivity index is 2.21. The normalized spacial score (nSPS) is 12.2. The number of halogens is 3. The van der Waals surface area contributed by atoms with Crippen molar-refractivity contribution in [2.75, 3.05) is 0 Å². The number of carbonyl (C=O) groups is 1. The van der Waals surface area contributed by atoms with Crippen molar-refractivity contribution in [3.05, 3.63) is 47.3 Å². The minimum absolute atomic E-state index is 0.331. The van der Waals surface area contributed by atoms with Gasteiger partial charge in [0, 0.05) is 13.1 Å². The maximum atomic E-state index is 13.5. The second-order valence-electron chi connectivity index (χ2n) is 4.18. The van der Waals surface area contributed by atoms with Crippen LogP contribution in [-0.2, 0) is 7.05 Å².